The van der Waals surface area contributed by atoms with Gasteiger partial charge in [0.05, 0.1) is 32.9 Å². The molecule has 0 saturated carbocycles. The van der Waals surface area contributed by atoms with Crippen LogP contribution in [0.3, 0.4) is 0 Å². The molecule has 3 atom stereocenters. The van der Waals surface area contributed by atoms with E-state index < -0.39 is 16.1 Å². The fraction of sp³-hybridized carbons (Fsp3) is 0.424. The summed E-state index contributed by atoms with van der Waals surface area (Å²) in [5, 5.41) is 0. The van der Waals surface area contributed by atoms with Crippen LogP contribution in [0.5, 0.6) is 17.2 Å². The monoisotopic (exact) mass is 609 g/mol. The number of benzene rings is 3. The number of nitrogens with zero attached hydrogens (tertiary/aromatic N) is 1. The van der Waals surface area contributed by atoms with Crippen molar-refractivity contribution >= 4 is 16.0 Å². The molecule has 43 heavy (non-hydrogen) atoms. The van der Waals surface area contributed by atoms with Crippen LogP contribution < -0.4 is 14.2 Å². The third kappa shape index (κ3) is 5.82. The average molecular weight is 610 g/mol. The van der Waals surface area contributed by atoms with Gasteiger partial charge in [-0.1, -0.05) is 12.1 Å². The molecule has 1 aliphatic carbocycles. The fourth-order valence-electron chi connectivity index (χ4n) is 6.68. The fourth-order valence-corrected chi connectivity index (χ4v) is 7.55. The quantitative estimate of drug-likeness (QED) is 0.306. The van der Waals surface area contributed by atoms with Gasteiger partial charge in [-0.05, 0) is 85.2 Å². The Morgan fingerprint density at radius 2 is 1.81 bits per heavy atom. The summed E-state index contributed by atoms with van der Waals surface area (Å²) < 4.78 is 63.8. The van der Waals surface area contributed by atoms with E-state index in [0.717, 1.165) is 33.4 Å². The van der Waals surface area contributed by atoms with Crippen LogP contribution in [-0.2, 0) is 26.0 Å². The number of methoxy groups -OCH3 is 1. The summed E-state index contributed by atoms with van der Waals surface area (Å²) in [5.74, 6) is 1.34. The van der Waals surface area contributed by atoms with Gasteiger partial charge in [-0.25, -0.2) is 12.8 Å². The smallest absolute Gasteiger partial charge is 0.306 e. The summed E-state index contributed by atoms with van der Waals surface area (Å²) in [6, 6.07) is 12.9. The Morgan fingerprint density at radius 3 is 2.51 bits per heavy atom. The summed E-state index contributed by atoms with van der Waals surface area (Å²) in [6.07, 6.45) is 2.80. The predicted molar refractivity (Wildman–Crippen MR) is 160 cm³/mol. The lowest BCUT2D eigenvalue weighted by Crippen LogP contribution is -2.29. The Labute approximate surface area is 251 Å². The second kappa shape index (κ2) is 11.5. The van der Waals surface area contributed by atoms with E-state index in [9.17, 15) is 13.2 Å². The highest BCUT2D eigenvalue weighted by molar-refractivity contribution is 7.88. The van der Waals surface area contributed by atoms with E-state index in [1.165, 1.54) is 23.7 Å². The standard InChI is InChI=1S/C33H36FNO7S/c1-19-13-24(41-23-11-12-35(17-23)43(4,37)38)14-20(2)32(19)26-7-9-28(34)33-27(26)8-10-29(33)42-22-5-6-25-21(15-31(36)39-3)18-40-30(25)16-22/h5-7,9,13-14,16,21,23,29H,8,10-12,15,17-18H2,1-4H3/t21?,23?,29-/m1/s1. The molecule has 8 nitrogen and oxygen atoms in total. The molecule has 6 rings (SSSR count). The molecule has 3 aromatic rings. The molecule has 0 spiro atoms. The van der Waals surface area contributed by atoms with E-state index in [1.54, 1.807) is 0 Å². The third-order valence-electron chi connectivity index (χ3n) is 8.72. The second-order valence-corrected chi connectivity index (χ2v) is 13.7. The number of sulfonamides is 1. The summed E-state index contributed by atoms with van der Waals surface area (Å²) in [5.41, 5.74) is 6.49. The minimum atomic E-state index is -3.24. The van der Waals surface area contributed by atoms with Crippen molar-refractivity contribution in [2.75, 3.05) is 33.1 Å². The minimum absolute atomic E-state index is 0.0627. The van der Waals surface area contributed by atoms with Crippen molar-refractivity contribution in [3.63, 3.8) is 0 Å². The van der Waals surface area contributed by atoms with Gasteiger partial charge < -0.3 is 18.9 Å². The van der Waals surface area contributed by atoms with Gasteiger partial charge in [0.15, 0.2) is 0 Å². The zero-order valence-electron chi connectivity index (χ0n) is 24.8. The van der Waals surface area contributed by atoms with E-state index in [1.807, 2.05) is 50.2 Å². The zero-order valence-corrected chi connectivity index (χ0v) is 25.6. The Bertz CT molecular complexity index is 1670. The lowest BCUT2D eigenvalue weighted by molar-refractivity contribution is -0.141. The first kappa shape index (κ1) is 29.4. The molecule has 2 aliphatic heterocycles. The highest BCUT2D eigenvalue weighted by Gasteiger charge is 2.33. The Morgan fingerprint density at radius 1 is 1.05 bits per heavy atom. The number of halogens is 1. The maximum absolute atomic E-state index is 15.4. The van der Waals surface area contributed by atoms with Crippen molar-refractivity contribution in [1.82, 2.24) is 4.31 Å². The van der Waals surface area contributed by atoms with Crippen LogP contribution in [-0.4, -0.2) is 57.9 Å². The Kier molecular flexibility index (Phi) is 7.85. The maximum atomic E-state index is 15.4. The van der Waals surface area contributed by atoms with Crippen molar-refractivity contribution in [1.29, 1.82) is 0 Å². The van der Waals surface area contributed by atoms with E-state index in [0.29, 0.717) is 61.8 Å². The minimum Gasteiger partial charge on any atom is -0.492 e. The number of carbonyl (C=O) groups excluding carboxylic acids is 1. The number of aryl methyl sites for hydroxylation is 2. The van der Waals surface area contributed by atoms with Gasteiger partial charge >= 0.3 is 5.97 Å². The van der Waals surface area contributed by atoms with E-state index in [2.05, 4.69) is 0 Å². The molecular formula is C33H36FNO7S. The van der Waals surface area contributed by atoms with Gasteiger partial charge in [0.2, 0.25) is 10.0 Å². The summed E-state index contributed by atoms with van der Waals surface area (Å²) in [6.45, 7) is 5.24. The molecule has 0 aromatic heterocycles. The van der Waals surface area contributed by atoms with Gasteiger partial charge in [-0.15, -0.1) is 0 Å². The molecule has 1 saturated heterocycles. The highest BCUT2D eigenvalue weighted by atomic mass is 32.2. The lowest BCUT2D eigenvalue weighted by Gasteiger charge is -2.20. The van der Waals surface area contributed by atoms with Crippen LogP contribution in [0.1, 0.15) is 59.1 Å². The van der Waals surface area contributed by atoms with Crippen molar-refractivity contribution < 1.29 is 36.6 Å². The Hall–Kier alpha value is -3.63. The molecule has 1 fully saturated rings. The van der Waals surface area contributed by atoms with Crippen LogP contribution in [0, 0.1) is 19.7 Å². The summed E-state index contributed by atoms with van der Waals surface area (Å²) >= 11 is 0. The van der Waals surface area contributed by atoms with Crippen LogP contribution >= 0.6 is 0 Å². The molecule has 3 aliphatic rings. The largest absolute Gasteiger partial charge is 0.492 e. The molecule has 2 heterocycles. The molecule has 0 N–H and O–H groups in total. The SMILES string of the molecule is COC(=O)CC1COc2cc(O[C@@H]3CCc4c(-c5c(C)cc(OC6CCN(S(C)(=O)=O)C6)cc5C)ccc(F)c43)ccc21. The molecule has 0 bridgehead atoms. The first-order valence-corrected chi connectivity index (χ1v) is 16.4. The van der Waals surface area contributed by atoms with Crippen molar-refractivity contribution in [2.45, 2.75) is 57.7 Å². The zero-order chi connectivity index (χ0) is 30.5. The van der Waals surface area contributed by atoms with Crippen molar-refractivity contribution in [3.8, 4) is 28.4 Å². The average Bonchev–Trinajstić information content (AvgIpc) is 3.69. The van der Waals surface area contributed by atoms with Crippen LogP contribution in [0.15, 0.2) is 42.5 Å². The van der Waals surface area contributed by atoms with Crippen LogP contribution in [0.25, 0.3) is 11.1 Å². The number of ether oxygens (including phenoxy) is 4. The van der Waals surface area contributed by atoms with Crippen molar-refractivity contribution in [3.05, 3.63) is 76.1 Å². The normalized spacial score (nSPS) is 21.3. The first-order chi connectivity index (χ1) is 20.5. The van der Waals surface area contributed by atoms with Crippen LogP contribution in [0.4, 0.5) is 4.39 Å². The number of hydrogen-bond donors (Lipinski definition) is 0. The number of rotatable bonds is 8. The number of fused-ring (bicyclic) bond motifs is 2. The van der Waals surface area contributed by atoms with Crippen LogP contribution in [0.2, 0.25) is 0 Å². The maximum Gasteiger partial charge on any atom is 0.306 e. The predicted octanol–water partition coefficient (Wildman–Crippen LogP) is 5.63. The van der Waals surface area contributed by atoms with Crippen molar-refractivity contribution in [2.24, 2.45) is 0 Å². The molecular weight excluding hydrogens is 573 g/mol. The van der Waals surface area contributed by atoms with E-state index >= 15 is 4.39 Å². The molecule has 0 amide bonds. The number of hydrogen-bond acceptors (Lipinski definition) is 7. The second-order valence-electron chi connectivity index (χ2n) is 11.7. The molecule has 2 unspecified atom stereocenters. The molecule has 0 radical (unpaired) electrons. The lowest BCUT2D eigenvalue weighted by atomic mass is 9.90. The molecule has 228 valence electrons. The van der Waals surface area contributed by atoms with Gasteiger partial charge in [-0.3, -0.25) is 4.79 Å². The third-order valence-corrected chi connectivity index (χ3v) is 9.99. The van der Waals surface area contributed by atoms with Gasteiger partial charge in [0, 0.05) is 29.7 Å². The highest BCUT2D eigenvalue weighted by Crippen LogP contribution is 2.45. The first-order valence-electron chi connectivity index (χ1n) is 14.6. The van der Waals surface area contributed by atoms with Gasteiger partial charge in [-0.2, -0.15) is 4.31 Å². The molecule has 3 aromatic carbocycles. The number of carbonyl (C=O) groups is 1. The topological polar surface area (TPSA) is 91.4 Å². The van der Waals surface area contributed by atoms with Gasteiger partial charge in [0.1, 0.15) is 35.3 Å². The Balaban J connectivity index is 1.22. The van der Waals surface area contributed by atoms with E-state index in [4.69, 9.17) is 18.9 Å². The van der Waals surface area contributed by atoms with E-state index in [-0.39, 0.29) is 30.2 Å². The van der Waals surface area contributed by atoms with Gasteiger partial charge in [0.25, 0.3) is 0 Å². The number of esters is 1. The summed E-state index contributed by atoms with van der Waals surface area (Å²) in [7, 11) is -1.86. The molecule has 10 heteroatoms. The summed E-state index contributed by atoms with van der Waals surface area (Å²) in [4.78, 5) is 11.8.